The van der Waals surface area contributed by atoms with E-state index in [4.69, 9.17) is 9.73 Å². The minimum atomic E-state index is -0.184. The highest BCUT2D eigenvalue weighted by Gasteiger charge is 2.43. The van der Waals surface area contributed by atoms with Gasteiger partial charge in [0.2, 0.25) is 0 Å². The number of nitrogens with zero attached hydrogens (tertiary/aromatic N) is 2. The second kappa shape index (κ2) is 10.6. The Kier molecular flexibility index (Phi) is 8.10. The predicted molar refractivity (Wildman–Crippen MR) is 133 cm³/mol. The van der Waals surface area contributed by atoms with Crippen LogP contribution < -0.4 is 4.90 Å². The third-order valence-electron chi connectivity index (χ3n) is 6.85. The fourth-order valence-corrected chi connectivity index (χ4v) is 4.65. The second-order valence-electron chi connectivity index (χ2n) is 10.2. The van der Waals surface area contributed by atoms with Gasteiger partial charge in [-0.25, -0.2) is 4.39 Å². The maximum atomic E-state index is 13.7. The van der Waals surface area contributed by atoms with Crippen molar-refractivity contribution in [2.75, 3.05) is 25.5 Å². The predicted octanol–water partition coefficient (Wildman–Crippen LogP) is 6.50. The zero-order valence-electron chi connectivity index (χ0n) is 20.5. The molecular formula is C28H39FN2O. The molecule has 2 aromatic carbocycles. The molecule has 2 unspecified atom stereocenters. The number of rotatable bonds is 8. The summed E-state index contributed by atoms with van der Waals surface area (Å²) in [4.78, 5) is 6.88. The standard InChI is InChI=1S/C28H39FN2O/c1-20(2)26-17-28(18-27(32-26)21(3)4,23-9-11-24(29)12-10-23)15-16-30-19-22-7-13-25(14-8-22)31(5)6/h7-14,19-21,26-27H,15-18H2,1-6H3. The molecule has 2 atom stereocenters. The van der Waals surface area contributed by atoms with Crippen molar-refractivity contribution in [3.63, 3.8) is 0 Å². The van der Waals surface area contributed by atoms with Gasteiger partial charge in [0.1, 0.15) is 5.82 Å². The van der Waals surface area contributed by atoms with Crippen molar-refractivity contribution < 1.29 is 9.13 Å². The average Bonchev–Trinajstić information content (AvgIpc) is 2.77. The summed E-state index contributed by atoms with van der Waals surface area (Å²) in [5.74, 6) is 0.696. The van der Waals surface area contributed by atoms with Crippen LogP contribution in [0, 0.1) is 17.7 Å². The van der Waals surface area contributed by atoms with Crippen molar-refractivity contribution in [3.8, 4) is 0 Å². The molecule has 0 amide bonds. The molecule has 1 saturated heterocycles. The molecule has 0 bridgehead atoms. The highest BCUT2D eigenvalue weighted by molar-refractivity contribution is 5.80. The molecule has 0 aliphatic carbocycles. The molecule has 1 fully saturated rings. The first kappa shape index (κ1) is 24.4. The van der Waals surface area contributed by atoms with Crippen LogP contribution in [-0.4, -0.2) is 39.1 Å². The van der Waals surface area contributed by atoms with Crippen LogP contribution in [0.25, 0.3) is 0 Å². The van der Waals surface area contributed by atoms with E-state index in [0.717, 1.165) is 31.4 Å². The molecule has 1 aliphatic rings. The van der Waals surface area contributed by atoms with E-state index < -0.39 is 0 Å². The van der Waals surface area contributed by atoms with E-state index >= 15 is 0 Å². The highest BCUT2D eigenvalue weighted by Crippen LogP contribution is 2.45. The Balaban J connectivity index is 1.82. The number of hydrogen-bond acceptors (Lipinski definition) is 3. The summed E-state index contributed by atoms with van der Waals surface area (Å²) in [5.41, 5.74) is 3.45. The third kappa shape index (κ3) is 5.98. The summed E-state index contributed by atoms with van der Waals surface area (Å²) in [7, 11) is 4.08. The SMILES string of the molecule is CC(C)C1CC(CCN=Cc2ccc(N(C)C)cc2)(c2ccc(F)cc2)CC(C(C)C)O1. The van der Waals surface area contributed by atoms with Crippen molar-refractivity contribution in [2.24, 2.45) is 16.8 Å². The molecule has 0 aromatic heterocycles. The summed E-state index contributed by atoms with van der Waals surface area (Å²) in [6.07, 6.45) is 5.20. The Morgan fingerprint density at radius 3 is 2.03 bits per heavy atom. The summed E-state index contributed by atoms with van der Waals surface area (Å²) in [5, 5.41) is 0. The van der Waals surface area contributed by atoms with E-state index in [1.165, 1.54) is 11.3 Å². The Morgan fingerprint density at radius 1 is 0.969 bits per heavy atom. The van der Waals surface area contributed by atoms with Crippen LogP contribution in [-0.2, 0) is 10.2 Å². The fourth-order valence-electron chi connectivity index (χ4n) is 4.65. The molecule has 0 radical (unpaired) electrons. The zero-order chi connectivity index (χ0) is 23.3. The van der Waals surface area contributed by atoms with E-state index in [-0.39, 0.29) is 23.4 Å². The van der Waals surface area contributed by atoms with E-state index in [1.807, 2.05) is 32.4 Å². The fraction of sp³-hybridized carbons (Fsp3) is 0.536. The van der Waals surface area contributed by atoms with E-state index in [1.54, 1.807) is 12.1 Å². The first-order chi connectivity index (χ1) is 15.2. The second-order valence-corrected chi connectivity index (χ2v) is 10.2. The van der Waals surface area contributed by atoms with E-state index in [0.29, 0.717) is 11.8 Å². The van der Waals surface area contributed by atoms with Crippen LogP contribution in [0.2, 0.25) is 0 Å². The topological polar surface area (TPSA) is 24.8 Å². The molecule has 0 N–H and O–H groups in total. The summed E-state index contributed by atoms with van der Waals surface area (Å²) < 4.78 is 20.2. The van der Waals surface area contributed by atoms with Crippen molar-refractivity contribution in [1.29, 1.82) is 0 Å². The van der Waals surface area contributed by atoms with Crippen LogP contribution >= 0.6 is 0 Å². The van der Waals surface area contributed by atoms with Crippen LogP contribution in [0.15, 0.2) is 53.5 Å². The molecule has 0 spiro atoms. The van der Waals surface area contributed by atoms with Gasteiger partial charge in [0.05, 0.1) is 12.2 Å². The van der Waals surface area contributed by atoms with Gasteiger partial charge in [0, 0.05) is 38.0 Å². The van der Waals surface area contributed by atoms with Crippen LogP contribution in [0.4, 0.5) is 10.1 Å². The maximum absolute atomic E-state index is 13.7. The molecule has 32 heavy (non-hydrogen) atoms. The van der Waals surface area contributed by atoms with Gasteiger partial charge < -0.3 is 9.64 Å². The van der Waals surface area contributed by atoms with Gasteiger partial charge in [-0.3, -0.25) is 4.99 Å². The van der Waals surface area contributed by atoms with Crippen molar-refractivity contribution in [3.05, 3.63) is 65.5 Å². The summed E-state index contributed by atoms with van der Waals surface area (Å²) in [6.45, 7) is 9.68. The first-order valence-corrected chi connectivity index (χ1v) is 11.9. The molecule has 174 valence electrons. The molecule has 3 rings (SSSR count). The van der Waals surface area contributed by atoms with Crippen LogP contribution in [0.1, 0.15) is 58.1 Å². The lowest BCUT2D eigenvalue weighted by molar-refractivity contribution is -0.118. The molecule has 1 heterocycles. The highest BCUT2D eigenvalue weighted by atomic mass is 19.1. The van der Waals surface area contributed by atoms with Gasteiger partial charge in [-0.05, 0) is 66.5 Å². The molecule has 2 aromatic rings. The van der Waals surface area contributed by atoms with Gasteiger partial charge in [-0.15, -0.1) is 0 Å². The molecule has 1 aliphatic heterocycles. The minimum Gasteiger partial charge on any atom is -0.378 e. The van der Waals surface area contributed by atoms with Gasteiger partial charge in [-0.2, -0.15) is 0 Å². The Labute approximate surface area is 193 Å². The quantitative estimate of drug-likeness (QED) is 0.440. The van der Waals surface area contributed by atoms with Gasteiger partial charge in [-0.1, -0.05) is 52.0 Å². The Morgan fingerprint density at radius 2 is 1.53 bits per heavy atom. The molecule has 3 nitrogen and oxygen atoms in total. The monoisotopic (exact) mass is 438 g/mol. The van der Waals surface area contributed by atoms with E-state index in [2.05, 4.69) is 56.9 Å². The maximum Gasteiger partial charge on any atom is 0.123 e. The lowest BCUT2D eigenvalue weighted by Crippen LogP contribution is -2.47. The average molecular weight is 439 g/mol. The van der Waals surface area contributed by atoms with Gasteiger partial charge >= 0.3 is 0 Å². The number of aliphatic imine (C=N–C) groups is 1. The van der Waals surface area contributed by atoms with Gasteiger partial charge in [0.15, 0.2) is 0 Å². The van der Waals surface area contributed by atoms with Crippen molar-refractivity contribution in [2.45, 2.75) is 64.6 Å². The summed E-state index contributed by atoms with van der Waals surface area (Å²) in [6, 6.07) is 15.6. The number of benzene rings is 2. The molecule has 4 heteroatoms. The van der Waals surface area contributed by atoms with Gasteiger partial charge in [0.25, 0.3) is 0 Å². The van der Waals surface area contributed by atoms with E-state index in [9.17, 15) is 4.39 Å². The number of anilines is 1. The number of ether oxygens (including phenoxy) is 1. The Hall–Kier alpha value is -2.20. The minimum absolute atomic E-state index is 0.0536. The zero-order valence-corrected chi connectivity index (χ0v) is 20.5. The largest absolute Gasteiger partial charge is 0.378 e. The first-order valence-electron chi connectivity index (χ1n) is 11.9. The molecular weight excluding hydrogens is 399 g/mol. The van der Waals surface area contributed by atoms with Crippen LogP contribution in [0.3, 0.4) is 0 Å². The lowest BCUT2D eigenvalue weighted by Gasteiger charge is -2.47. The smallest absolute Gasteiger partial charge is 0.123 e. The molecule has 0 saturated carbocycles. The normalized spacial score (nSPS) is 23.9. The van der Waals surface area contributed by atoms with Crippen molar-refractivity contribution >= 4 is 11.9 Å². The lowest BCUT2D eigenvalue weighted by atomic mass is 9.66. The van der Waals surface area contributed by atoms with Crippen LogP contribution in [0.5, 0.6) is 0 Å². The van der Waals surface area contributed by atoms with Crippen molar-refractivity contribution in [1.82, 2.24) is 0 Å². The summed E-state index contributed by atoms with van der Waals surface area (Å²) >= 11 is 0. The number of halogens is 1. The third-order valence-corrected chi connectivity index (χ3v) is 6.85. The number of hydrogen-bond donors (Lipinski definition) is 0. The Bertz CT molecular complexity index is 855.